The van der Waals surface area contributed by atoms with Crippen molar-refractivity contribution >= 4 is 0 Å². The van der Waals surface area contributed by atoms with Crippen LogP contribution in [-0.2, 0) is 0 Å². The molecule has 2 nitrogen and oxygen atoms in total. The number of hydrogen-bond acceptors (Lipinski definition) is 2. The first-order valence-electron chi connectivity index (χ1n) is 8.15. The van der Waals surface area contributed by atoms with Gasteiger partial charge in [-0.15, -0.1) is 0 Å². The SMILES string of the molecule is CCC1CCC(CN)(N2CCCC(C)CC2)CC1. The van der Waals surface area contributed by atoms with Crippen LogP contribution >= 0.6 is 0 Å². The van der Waals surface area contributed by atoms with E-state index in [1.165, 1.54) is 64.5 Å². The van der Waals surface area contributed by atoms with Gasteiger partial charge in [-0.1, -0.05) is 20.3 Å². The molecule has 106 valence electrons. The maximum absolute atomic E-state index is 6.20. The molecule has 2 aliphatic rings. The molecule has 0 spiro atoms. The lowest BCUT2D eigenvalue weighted by molar-refractivity contribution is 0.0437. The van der Waals surface area contributed by atoms with Crippen molar-refractivity contribution < 1.29 is 0 Å². The van der Waals surface area contributed by atoms with Gasteiger partial charge in [-0.2, -0.15) is 0 Å². The van der Waals surface area contributed by atoms with Gasteiger partial charge in [-0.25, -0.2) is 0 Å². The molecule has 1 unspecified atom stereocenters. The van der Waals surface area contributed by atoms with Gasteiger partial charge in [0.15, 0.2) is 0 Å². The number of nitrogens with zero attached hydrogens (tertiary/aromatic N) is 1. The number of likely N-dealkylation sites (tertiary alicyclic amines) is 1. The van der Waals surface area contributed by atoms with Gasteiger partial charge in [0.05, 0.1) is 0 Å². The molecule has 0 aromatic carbocycles. The summed E-state index contributed by atoms with van der Waals surface area (Å²) in [6.45, 7) is 8.20. The topological polar surface area (TPSA) is 29.3 Å². The highest BCUT2D eigenvalue weighted by Gasteiger charge is 2.39. The molecule has 0 aromatic rings. The van der Waals surface area contributed by atoms with Crippen LogP contribution in [-0.4, -0.2) is 30.1 Å². The largest absolute Gasteiger partial charge is 0.329 e. The van der Waals surface area contributed by atoms with Crippen molar-refractivity contribution in [3.8, 4) is 0 Å². The molecule has 0 aromatic heterocycles. The standard InChI is InChI=1S/C16H32N2/c1-3-15-6-9-16(13-17,10-7-15)18-11-4-5-14(2)8-12-18/h14-15H,3-13,17H2,1-2H3. The molecule has 2 heteroatoms. The molecule has 1 saturated carbocycles. The second kappa shape index (κ2) is 6.38. The first kappa shape index (κ1) is 14.3. The number of hydrogen-bond donors (Lipinski definition) is 1. The molecule has 1 atom stereocenters. The summed E-state index contributed by atoms with van der Waals surface area (Å²) in [5.74, 6) is 1.88. The van der Waals surface area contributed by atoms with E-state index in [1.807, 2.05) is 0 Å². The molecule has 1 aliphatic heterocycles. The third kappa shape index (κ3) is 3.08. The predicted octanol–water partition coefficient (Wildman–Crippen LogP) is 3.41. The highest BCUT2D eigenvalue weighted by Crippen LogP contribution is 2.38. The molecule has 2 rings (SSSR count). The summed E-state index contributed by atoms with van der Waals surface area (Å²) in [7, 11) is 0. The first-order chi connectivity index (χ1) is 8.70. The van der Waals surface area contributed by atoms with Gasteiger partial charge in [0.1, 0.15) is 0 Å². The Hall–Kier alpha value is -0.0800. The summed E-state index contributed by atoms with van der Waals surface area (Å²) in [5, 5.41) is 0. The van der Waals surface area contributed by atoms with Gasteiger partial charge in [-0.05, 0) is 69.9 Å². The smallest absolute Gasteiger partial charge is 0.0331 e. The lowest BCUT2D eigenvalue weighted by Gasteiger charge is -2.47. The monoisotopic (exact) mass is 252 g/mol. The van der Waals surface area contributed by atoms with Gasteiger partial charge in [0, 0.05) is 12.1 Å². The molecule has 0 radical (unpaired) electrons. The second-order valence-electron chi connectivity index (χ2n) is 6.80. The summed E-state index contributed by atoms with van der Waals surface area (Å²) < 4.78 is 0. The maximum Gasteiger partial charge on any atom is 0.0331 e. The maximum atomic E-state index is 6.20. The normalized spacial score (nSPS) is 39.5. The van der Waals surface area contributed by atoms with Crippen LogP contribution in [0.2, 0.25) is 0 Å². The van der Waals surface area contributed by atoms with E-state index in [2.05, 4.69) is 18.7 Å². The molecule has 1 heterocycles. The molecule has 18 heavy (non-hydrogen) atoms. The minimum Gasteiger partial charge on any atom is -0.329 e. The fourth-order valence-electron chi connectivity index (χ4n) is 4.01. The van der Waals surface area contributed by atoms with Crippen molar-refractivity contribution in [1.82, 2.24) is 4.90 Å². The Kier molecular flexibility index (Phi) is 5.08. The molecular weight excluding hydrogens is 220 g/mol. The van der Waals surface area contributed by atoms with Crippen LogP contribution in [0.25, 0.3) is 0 Å². The minimum atomic E-state index is 0.357. The summed E-state index contributed by atoms with van der Waals surface area (Å²) in [5.41, 5.74) is 6.56. The number of rotatable bonds is 3. The van der Waals surface area contributed by atoms with Crippen molar-refractivity contribution in [2.75, 3.05) is 19.6 Å². The van der Waals surface area contributed by atoms with Crippen LogP contribution in [0, 0.1) is 11.8 Å². The zero-order chi connectivity index (χ0) is 13.0. The van der Waals surface area contributed by atoms with Crippen molar-refractivity contribution in [1.29, 1.82) is 0 Å². The van der Waals surface area contributed by atoms with E-state index in [-0.39, 0.29) is 0 Å². The van der Waals surface area contributed by atoms with E-state index in [9.17, 15) is 0 Å². The van der Waals surface area contributed by atoms with Crippen LogP contribution in [0.1, 0.15) is 65.2 Å². The molecule has 2 N–H and O–H groups in total. The Morgan fingerprint density at radius 1 is 1.11 bits per heavy atom. The predicted molar refractivity (Wildman–Crippen MR) is 78.6 cm³/mol. The van der Waals surface area contributed by atoms with Gasteiger partial charge < -0.3 is 5.73 Å². The van der Waals surface area contributed by atoms with Crippen LogP contribution in [0.3, 0.4) is 0 Å². The Bertz CT molecular complexity index is 243. The Balaban J connectivity index is 1.98. The van der Waals surface area contributed by atoms with Gasteiger partial charge in [0.25, 0.3) is 0 Å². The van der Waals surface area contributed by atoms with Crippen LogP contribution < -0.4 is 5.73 Å². The van der Waals surface area contributed by atoms with Crippen molar-refractivity contribution in [3.05, 3.63) is 0 Å². The lowest BCUT2D eigenvalue weighted by Crippen LogP contribution is -2.56. The van der Waals surface area contributed by atoms with Crippen LogP contribution in [0.15, 0.2) is 0 Å². The van der Waals surface area contributed by atoms with E-state index >= 15 is 0 Å². The zero-order valence-electron chi connectivity index (χ0n) is 12.5. The fourth-order valence-corrected chi connectivity index (χ4v) is 4.01. The molecule has 1 saturated heterocycles. The summed E-state index contributed by atoms with van der Waals surface area (Å²) in [6.07, 6.45) is 11.0. The molecule has 0 amide bonds. The molecule has 1 aliphatic carbocycles. The summed E-state index contributed by atoms with van der Waals surface area (Å²) in [4.78, 5) is 2.77. The van der Waals surface area contributed by atoms with Crippen molar-refractivity contribution in [2.24, 2.45) is 17.6 Å². The van der Waals surface area contributed by atoms with Gasteiger partial charge >= 0.3 is 0 Å². The molecular formula is C16H32N2. The fraction of sp³-hybridized carbons (Fsp3) is 1.00. The van der Waals surface area contributed by atoms with Crippen LogP contribution in [0.4, 0.5) is 0 Å². The highest BCUT2D eigenvalue weighted by atomic mass is 15.2. The first-order valence-corrected chi connectivity index (χ1v) is 8.15. The van der Waals surface area contributed by atoms with Crippen LogP contribution in [0.5, 0.6) is 0 Å². The minimum absolute atomic E-state index is 0.357. The number of nitrogens with two attached hydrogens (primary N) is 1. The Labute approximate surface area is 113 Å². The van der Waals surface area contributed by atoms with Gasteiger partial charge in [0.2, 0.25) is 0 Å². The third-order valence-electron chi connectivity index (χ3n) is 5.68. The van der Waals surface area contributed by atoms with E-state index in [4.69, 9.17) is 5.73 Å². The molecule has 2 fully saturated rings. The lowest BCUT2D eigenvalue weighted by atomic mass is 9.74. The zero-order valence-corrected chi connectivity index (χ0v) is 12.5. The van der Waals surface area contributed by atoms with E-state index in [0.29, 0.717) is 5.54 Å². The van der Waals surface area contributed by atoms with Crippen molar-refractivity contribution in [2.45, 2.75) is 70.8 Å². The van der Waals surface area contributed by atoms with E-state index < -0.39 is 0 Å². The quantitative estimate of drug-likeness (QED) is 0.834. The van der Waals surface area contributed by atoms with E-state index in [0.717, 1.165) is 18.4 Å². The molecule has 0 bridgehead atoms. The second-order valence-corrected chi connectivity index (χ2v) is 6.80. The average Bonchev–Trinajstić information content (AvgIpc) is 2.64. The highest BCUT2D eigenvalue weighted by molar-refractivity contribution is 4.96. The third-order valence-corrected chi connectivity index (χ3v) is 5.68. The van der Waals surface area contributed by atoms with Gasteiger partial charge in [-0.3, -0.25) is 4.90 Å². The Morgan fingerprint density at radius 3 is 2.44 bits per heavy atom. The average molecular weight is 252 g/mol. The summed E-state index contributed by atoms with van der Waals surface area (Å²) >= 11 is 0. The van der Waals surface area contributed by atoms with E-state index in [1.54, 1.807) is 0 Å². The Morgan fingerprint density at radius 2 is 1.83 bits per heavy atom. The summed E-state index contributed by atoms with van der Waals surface area (Å²) in [6, 6.07) is 0. The van der Waals surface area contributed by atoms with Crippen molar-refractivity contribution in [3.63, 3.8) is 0 Å².